The van der Waals surface area contributed by atoms with Gasteiger partial charge in [-0.1, -0.05) is 30.3 Å². The van der Waals surface area contributed by atoms with Crippen molar-refractivity contribution < 1.29 is 23.5 Å². The SMILES string of the molecule is Cc1ccc(C(CNC(=O)CN2C(=O)NC(C)(c3ccccc3)C2=O)N2CCOCC2)o1. The van der Waals surface area contributed by atoms with Gasteiger partial charge in [0.25, 0.3) is 5.91 Å². The Kier molecular flexibility index (Phi) is 6.29. The van der Waals surface area contributed by atoms with Gasteiger partial charge in [-0.15, -0.1) is 0 Å². The summed E-state index contributed by atoms with van der Waals surface area (Å²) in [4.78, 5) is 41.4. The lowest BCUT2D eigenvalue weighted by Crippen LogP contribution is -2.46. The minimum absolute atomic E-state index is 0.158. The molecule has 4 amide bonds. The Morgan fingerprint density at radius 1 is 1.16 bits per heavy atom. The average molecular weight is 441 g/mol. The fraction of sp³-hybridized carbons (Fsp3) is 0.435. The van der Waals surface area contributed by atoms with Gasteiger partial charge in [0.05, 0.1) is 19.3 Å². The number of aryl methyl sites for hydroxylation is 1. The van der Waals surface area contributed by atoms with Crippen molar-refractivity contribution in [2.24, 2.45) is 0 Å². The second-order valence-electron chi connectivity index (χ2n) is 8.23. The minimum Gasteiger partial charge on any atom is -0.465 e. The molecule has 32 heavy (non-hydrogen) atoms. The fourth-order valence-corrected chi connectivity index (χ4v) is 4.15. The molecule has 1 aromatic carbocycles. The molecular formula is C23H28N4O5. The number of hydrogen-bond donors (Lipinski definition) is 2. The van der Waals surface area contributed by atoms with Crippen molar-refractivity contribution in [2.75, 3.05) is 39.4 Å². The Morgan fingerprint density at radius 2 is 1.88 bits per heavy atom. The second kappa shape index (κ2) is 9.13. The van der Waals surface area contributed by atoms with Crippen LogP contribution in [0.4, 0.5) is 4.79 Å². The predicted molar refractivity (Wildman–Crippen MR) is 116 cm³/mol. The molecule has 0 aliphatic carbocycles. The van der Waals surface area contributed by atoms with Crippen molar-refractivity contribution in [1.29, 1.82) is 0 Å². The van der Waals surface area contributed by atoms with E-state index in [2.05, 4.69) is 15.5 Å². The lowest BCUT2D eigenvalue weighted by Gasteiger charge is -2.33. The molecule has 4 rings (SSSR count). The summed E-state index contributed by atoms with van der Waals surface area (Å²) in [6.45, 7) is 6.15. The molecule has 2 atom stereocenters. The molecule has 0 bridgehead atoms. The number of hydrogen-bond acceptors (Lipinski definition) is 6. The summed E-state index contributed by atoms with van der Waals surface area (Å²) in [5.74, 6) is 0.697. The zero-order valence-corrected chi connectivity index (χ0v) is 18.3. The lowest BCUT2D eigenvalue weighted by atomic mass is 9.92. The zero-order chi connectivity index (χ0) is 22.7. The molecule has 170 valence electrons. The number of carbonyl (C=O) groups excluding carboxylic acids is 3. The molecule has 2 unspecified atom stereocenters. The molecular weight excluding hydrogens is 412 g/mol. The third-order valence-corrected chi connectivity index (χ3v) is 6.00. The van der Waals surface area contributed by atoms with E-state index < -0.39 is 23.4 Å². The number of ether oxygens (including phenoxy) is 1. The lowest BCUT2D eigenvalue weighted by molar-refractivity contribution is -0.134. The molecule has 2 fully saturated rings. The molecule has 0 saturated carbocycles. The predicted octanol–water partition coefficient (Wildman–Crippen LogP) is 1.54. The molecule has 2 aliphatic rings. The fourth-order valence-electron chi connectivity index (χ4n) is 4.15. The van der Waals surface area contributed by atoms with Crippen LogP contribution in [0.3, 0.4) is 0 Å². The first kappa shape index (κ1) is 22.0. The Bertz CT molecular complexity index is 985. The van der Waals surface area contributed by atoms with Crippen LogP contribution >= 0.6 is 0 Å². The Hall–Kier alpha value is -3.17. The number of nitrogens with zero attached hydrogens (tertiary/aromatic N) is 2. The van der Waals surface area contributed by atoms with Gasteiger partial charge in [0.15, 0.2) is 0 Å². The summed E-state index contributed by atoms with van der Waals surface area (Å²) in [7, 11) is 0. The van der Waals surface area contributed by atoms with E-state index in [1.165, 1.54) is 0 Å². The minimum atomic E-state index is -1.19. The maximum atomic E-state index is 13.0. The highest BCUT2D eigenvalue weighted by Crippen LogP contribution is 2.28. The van der Waals surface area contributed by atoms with Crippen LogP contribution in [0, 0.1) is 6.92 Å². The zero-order valence-electron chi connectivity index (χ0n) is 18.3. The number of furan rings is 1. The number of nitrogens with one attached hydrogen (secondary N) is 2. The van der Waals surface area contributed by atoms with Crippen molar-refractivity contribution in [2.45, 2.75) is 25.4 Å². The summed E-state index contributed by atoms with van der Waals surface area (Å²) >= 11 is 0. The van der Waals surface area contributed by atoms with Crippen molar-refractivity contribution in [3.63, 3.8) is 0 Å². The number of benzene rings is 1. The number of rotatable bonds is 7. The van der Waals surface area contributed by atoms with Crippen LogP contribution in [0.2, 0.25) is 0 Å². The molecule has 3 heterocycles. The molecule has 0 radical (unpaired) electrons. The van der Waals surface area contributed by atoms with Gasteiger partial charge in [-0.25, -0.2) is 4.79 Å². The smallest absolute Gasteiger partial charge is 0.325 e. The van der Waals surface area contributed by atoms with E-state index in [0.29, 0.717) is 25.3 Å². The van der Waals surface area contributed by atoms with Crippen molar-refractivity contribution >= 4 is 17.8 Å². The van der Waals surface area contributed by atoms with E-state index in [0.717, 1.165) is 29.5 Å². The monoisotopic (exact) mass is 440 g/mol. The van der Waals surface area contributed by atoms with Gasteiger partial charge in [0, 0.05) is 19.6 Å². The summed E-state index contributed by atoms with van der Waals surface area (Å²) in [6, 6.07) is 12.1. The molecule has 2 N–H and O–H groups in total. The molecule has 2 aliphatic heterocycles. The Morgan fingerprint density at radius 3 is 2.53 bits per heavy atom. The summed E-state index contributed by atoms with van der Waals surface area (Å²) in [5.41, 5.74) is -0.525. The number of morpholine rings is 1. The highest BCUT2D eigenvalue weighted by Gasteiger charge is 2.49. The van der Waals surface area contributed by atoms with Crippen LogP contribution in [-0.2, 0) is 19.9 Å². The highest BCUT2D eigenvalue weighted by molar-refractivity contribution is 6.09. The Labute approximate surface area is 186 Å². The first-order chi connectivity index (χ1) is 15.4. The third-order valence-electron chi connectivity index (χ3n) is 6.00. The quantitative estimate of drug-likeness (QED) is 0.633. The van der Waals surface area contributed by atoms with E-state index >= 15 is 0 Å². The number of carbonyl (C=O) groups is 3. The second-order valence-corrected chi connectivity index (χ2v) is 8.23. The van der Waals surface area contributed by atoms with Crippen LogP contribution in [0.15, 0.2) is 46.9 Å². The van der Waals surface area contributed by atoms with Crippen molar-refractivity contribution in [3.05, 3.63) is 59.5 Å². The van der Waals surface area contributed by atoms with Crippen LogP contribution < -0.4 is 10.6 Å². The number of imide groups is 1. The normalized spacial score (nSPS) is 22.6. The molecule has 2 aromatic rings. The average Bonchev–Trinajstić information content (AvgIpc) is 3.32. The summed E-state index contributed by atoms with van der Waals surface area (Å²) < 4.78 is 11.2. The van der Waals surface area contributed by atoms with Crippen LogP contribution in [0.5, 0.6) is 0 Å². The van der Waals surface area contributed by atoms with Gasteiger partial charge in [0.1, 0.15) is 23.6 Å². The summed E-state index contributed by atoms with van der Waals surface area (Å²) in [5, 5.41) is 5.58. The van der Waals surface area contributed by atoms with E-state index in [-0.39, 0.29) is 12.6 Å². The topological polar surface area (TPSA) is 104 Å². The van der Waals surface area contributed by atoms with Gasteiger partial charge in [-0.3, -0.25) is 19.4 Å². The van der Waals surface area contributed by atoms with E-state index in [4.69, 9.17) is 9.15 Å². The van der Waals surface area contributed by atoms with E-state index in [1.54, 1.807) is 31.2 Å². The van der Waals surface area contributed by atoms with Crippen LogP contribution in [0.1, 0.15) is 30.0 Å². The van der Waals surface area contributed by atoms with Gasteiger partial charge in [-0.05, 0) is 31.5 Å². The first-order valence-electron chi connectivity index (χ1n) is 10.7. The first-order valence-corrected chi connectivity index (χ1v) is 10.7. The molecule has 2 saturated heterocycles. The highest BCUT2D eigenvalue weighted by atomic mass is 16.5. The van der Waals surface area contributed by atoms with Gasteiger partial charge in [-0.2, -0.15) is 0 Å². The van der Waals surface area contributed by atoms with Gasteiger partial charge >= 0.3 is 6.03 Å². The molecule has 9 heteroatoms. The van der Waals surface area contributed by atoms with Gasteiger partial charge < -0.3 is 19.8 Å². The summed E-state index contributed by atoms with van der Waals surface area (Å²) in [6.07, 6.45) is 0. The van der Waals surface area contributed by atoms with Crippen molar-refractivity contribution in [3.8, 4) is 0 Å². The standard InChI is InChI=1S/C23H28N4O5/c1-16-8-9-19(32-16)18(26-10-12-31-13-11-26)14-24-20(28)15-27-21(29)23(2,25-22(27)30)17-6-4-3-5-7-17/h3-9,18H,10-15H2,1-2H3,(H,24,28)(H,25,30). The maximum absolute atomic E-state index is 13.0. The third kappa shape index (κ3) is 4.39. The largest absolute Gasteiger partial charge is 0.465 e. The van der Waals surface area contributed by atoms with Crippen LogP contribution in [0.25, 0.3) is 0 Å². The molecule has 1 aromatic heterocycles. The maximum Gasteiger partial charge on any atom is 0.325 e. The van der Waals surface area contributed by atoms with Crippen molar-refractivity contribution in [1.82, 2.24) is 20.4 Å². The Balaban J connectivity index is 1.41. The molecule has 0 spiro atoms. The van der Waals surface area contributed by atoms with Gasteiger partial charge in [0.2, 0.25) is 5.91 Å². The number of urea groups is 1. The van der Waals surface area contributed by atoms with E-state index in [9.17, 15) is 14.4 Å². The number of amides is 4. The van der Waals surface area contributed by atoms with Crippen LogP contribution in [-0.4, -0.2) is 67.0 Å². The van der Waals surface area contributed by atoms with E-state index in [1.807, 2.05) is 25.1 Å². The molecule has 9 nitrogen and oxygen atoms in total.